The number of halogens is 1. The van der Waals surface area contributed by atoms with Crippen LogP contribution in [0.2, 0.25) is 5.02 Å². The van der Waals surface area contributed by atoms with E-state index in [1.807, 2.05) is 6.07 Å². The minimum Gasteiger partial charge on any atom is -0.282 e. The molecule has 1 rings (SSSR count). The van der Waals surface area contributed by atoms with E-state index in [9.17, 15) is 16.8 Å². The summed E-state index contributed by atoms with van der Waals surface area (Å²) in [6, 6.07) is 5.95. The maximum atomic E-state index is 11.7. The minimum absolute atomic E-state index is 0.0502. The Kier molecular flexibility index (Phi) is 4.79. The molecule has 1 N–H and O–H groups in total. The van der Waals surface area contributed by atoms with Gasteiger partial charge in [-0.25, -0.2) is 16.8 Å². The highest BCUT2D eigenvalue weighted by atomic mass is 35.5. The third kappa shape index (κ3) is 5.46. The number of benzene rings is 1. The summed E-state index contributed by atoms with van der Waals surface area (Å²) in [7, 11) is -7.22. The van der Waals surface area contributed by atoms with Crippen LogP contribution in [0.3, 0.4) is 0 Å². The van der Waals surface area contributed by atoms with Crippen molar-refractivity contribution < 1.29 is 16.8 Å². The topological polar surface area (TPSA) is 104 Å². The van der Waals surface area contributed by atoms with Crippen LogP contribution in [0.5, 0.6) is 0 Å². The van der Waals surface area contributed by atoms with Gasteiger partial charge in [0.25, 0.3) is 0 Å². The van der Waals surface area contributed by atoms with Gasteiger partial charge < -0.3 is 0 Å². The summed E-state index contributed by atoms with van der Waals surface area (Å²) >= 11 is 5.79. The molecule has 104 valence electrons. The van der Waals surface area contributed by atoms with Gasteiger partial charge in [-0.05, 0) is 18.2 Å². The number of anilines is 1. The van der Waals surface area contributed by atoms with Gasteiger partial charge in [-0.2, -0.15) is 5.26 Å². The Morgan fingerprint density at radius 2 is 1.89 bits per heavy atom. The average Bonchev–Trinajstić information content (AvgIpc) is 2.29. The summed E-state index contributed by atoms with van der Waals surface area (Å²) in [6.07, 6.45) is 0.950. The van der Waals surface area contributed by atoms with Gasteiger partial charge in [-0.1, -0.05) is 11.6 Å². The van der Waals surface area contributed by atoms with Gasteiger partial charge in [0.1, 0.15) is 9.84 Å². The predicted octanol–water partition coefficient (Wildman–Crippen LogP) is 0.998. The van der Waals surface area contributed by atoms with Gasteiger partial charge >= 0.3 is 0 Å². The number of rotatable bonds is 5. The molecule has 0 atom stereocenters. The highest BCUT2D eigenvalue weighted by Gasteiger charge is 2.16. The molecule has 1 aromatic rings. The zero-order valence-electron chi connectivity index (χ0n) is 9.92. The number of hydrogen-bond donors (Lipinski definition) is 1. The summed E-state index contributed by atoms with van der Waals surface area (Å²) in [5.41, 5.74) is 0.291. The molecular weight excluding hydrogens is 312 g/mol. The van der Waals surface area contributed by atoms with E-state index in [0.717, 1.165) is 6.26 Å². The lowest BCUT2D eigenvalue weighted by Crippen LogP contribution is -2.22. The highest BCUT2D eigenvalue weighted by Crippen LogP contribution is 2.23. The molecule has 0 amide bonds. The average molecular weight is 323 g/mol. The SMILES string of the molecule is CS(=O)(=O)CCS(=O)(=O)Nc1cc(C#N)ccc1Cl. The molecule has 0 bridgehead atoms. The maximum absolute atomic E-state index is 11.7. The molecule has 0 fully saturated rings. The summed E-state index contributed by atoms with van der Waals surface area (Å²) in [4.78, 5) is 0. The van der Waals surface area contributed by atoms with Crippen molar-refractivity contribution in [3.8, 4) is 6.07 Å². The van der Waals surface area contributed by atoms with Crippen LogP contribution in [-0.2, 0) is 19.9 Å². The first kappa shape index (κ1) is 15.8. The Balaban J connectivity index is 2.93. The first-order valence-corrected chi connectivity index (χ1v) is 9.10. The molecule has 6 nitrogen and oxygen atoms in total. The van der Waals surface area contributed by atoms with Crippen molar-refractivity contribution in [2.24, 2.45) is 0 Å². The first-order valence-electron chi connectivity index (χ1n) is 5.01. The van der Waals surface area contributed by atoms with E-state index in [1.54, 1.807) is 0 Å². The molecule has 0 heterocycles. The van der Waals surface area contributed by atoms with Crippen molar-refractivity contribution in [3.63, 3.8) is 0 Å². The molecule has 0 saturated heterocycles. The van der Waals surface area contributed by atoms with Crippen molar-refractivity contribution in [1.82, 2.24) is 0 Å². The third-order valence-electron chi connectivity index (χ3n) is 2.08. The number of nitrogens with one attached hydrogen (secondary N) is 1. The number of hydrogen-bond acceptors (Lipinski definition) is 5. The second-order valence-corrected chi connectivity index (χ2v) is 8.37. The Morgan fingerprint density at radius 1 is 1.26 bits per heavy atom. The molecule has 0 aliphatic heterocycles. The molecule has 0 spiro atoms. The number of nitriles is 1. The second kappa shape index (κ2) is 5.77. The van der Waals surface area contributed by atoms with Crippen molar-refractivity contribution in [3.05, 3.63) is 28.8 Å². The zero-order valence-corrected chi connectivity index (χ0v) is 12.3. The molecule has 9 heteroatoms. The van der Waals surface area contributed by atoms with Crippen LogP contribution in [0.15, 0.2) is 18.2 Å². The van der Waals surface area contributed by atoms with Crippen LogP contribution >= 0.6 is 11.6 Å². The number of sulfone groups is 1. The number of nitrogens with zero attached hydrogens (tertiary/aromatic N) is 1. The summed E-state index contributed by atoms with van der Waals surface area (Å²) in [6.45, 7) is 0. The van der Waals surface area contributed by atoms with E-state index in [1.165, 1.54) is 18.2 Å². The van der Waals surface area contributed by atoms with E-state index in [-0.39, 0.29) is 16.3 Å². The third-order valence-corrected chi connectivity index (χ3v) is 4.89. The van der Waals surface area contributed by atoms with Gasteiger partial charge in [0.15, 0.2) is 0 Å². The fraction of sp³-hybridized carbons (Fsp3) is 0.300. The van der Waals surface area contributed by atoms with Crippen LogP contribution in [-0.4, -0.2) is 34.6 Å². The number of sulfonamides is 1. The van der Waals surface area contributed by atoms with Crippen LogP contribution in [0.1, 0.15) is 5.56 Å². The minimum atomic E-state index is -3.84. The van der Waals surface area contributed by atoms with Crippen molar-refractivity contribution in [1.29, 1.82) is 5.26 Å². The van der Waals surface area contributed by atoms with Gasteiger partial charge in [-0.3, -0.25) is 4.72 Å². The Bertz CT molecular complexity index is 720. The summed E-state index contributed by atoms with van der Waals surface area (Å²) < 4.78 is 47.4. The standard InChI is InChI=1S/C10H11ClN2O4S2/c1-18(14,15)4-5-19(16,17)13-10-6-8(7-12)2-3-9(10)11/h2-3,6,13H,4-5H2,1H3. The van der Waals surface area contributed by atoms with Crippen molar-refractivity contribution in [2.75, 3.05) is 22.5 Å². The van der Waals surface area contributed by atoms with Gasteiger partial charge in [-0.15, -0.1) is 0 Å². The van der Waals surface area contributed by atoms with Crippen LogP contribution in [0, 0.1) is 11.3 Å². The monoisotopic (exact) mass is 322 g/mol. The lowest BCUT2D eigenvalue weighted by molar-refractivity contribution is 0.593. The summed E-state index contributed by atoms with van der Waals surface area (Å²) in [5.74, 6) is -1.06. The largest absolute Gasteiger partial charge is 0.282 e. The Morgan fingerprint density at radius 3 is 2.42 bits per heavy atom. The highest BCUT2D eigenvalue weighted by molar-refractivity contribution is 7.95. The normalized spacial score (nSPS) is 11.8. The lowest BCUT2D eigenvalue weighted by atomic mass is 10.2. The fourth-order valence-electron chi connectivity index (χ4n) is 1.15. The Hall–Kier alpha value is -1.30. The van der Waals surface area contributed by atoms with E-state index in [2.05, 4.69) is 4.72 Å². The second-order valence-electron chi connectivity index (χ2n) is 3.86. The molecule has 0 aromatic heterocycles. The predicted molar refractivity (Wildman–Crippen MR) is 73.3 cm³/mol. The maximum Gasteiger partial charge on any atom is 0.233 e. The van der Waals surface area contributed by atoms with E-state index >= 15 is 0 Å². The molecule has 1 aromatic carbocycles. The molecule has 0 saturated carbocycles. The fourth-order valence-corrected chi connectivity index (χ4v) is 4.07. The van der Waals surface area contributed by atoms with E-state index in [4.69, 9.17) is 16.9 Å². The smallest absolute Gasteiger partial charge is 0.233 e. The van der Waals surface area contributed by atoms with Crippen molar-refractivity contribution in [2.45, 2.75) is 0 Å². The molecule has 0 radical (unpaired) electrons. The molecule has 19 heavy (non-hydrogen) atoms. The quantitative estimate of drug-likeness (QED) is 0.870. The first-order chi connectivity index (χ1) is 8.63. The van der Waals surface area contributed by atoms with Crippen LogP contribution in [0.25, 0.3) is 0 Å². The molecule has 0 unspecified atom stereocenters. The van der Waals surface area contributed by atoms with Gasteiger partial charge in [0, 0.05) is 6.26 Å². The molecule has 0 aliphatic rings. The van der Waals surface area contributed by atoms with Crippen LogP contribution in [0.4, 0.5) is 5.69 Å². The van der Waals surface area contributed by atoms with E-state index in [0.29, 0.717) is 0 Å². The molecule has 0 aliphatic carbocycles. The van der Waals surface area contributed by atoms with Crippen molar-refractivity contribution >= 4 is 37.1 Å². The van der Waals surface area contributed by atoms with Crippen LogP contribution < -0.4 is 4.72 Å². The lowest BCUT2D eigenvalue weighted by Gasteiger charge is -2.09. The molecular formula is C10H11ClN2O4S2. The van der Waals surface area contributed by atoms with E-state index < -0.39 is 31.4 Å². The Labute approximate surface area is 117 Å². The zero-order chi connectivity index (χ0) is 14.7. The summed E-state index contributed by atoms with van der Waals surface area (Å²) in [5, 5.41) is 8.84. The van der Waals surface area contributed by atoms with Gasteiger partial charge in [0.2, 0.25) is 10.0 Å². The van der Waals surface area contributed by atoms with Gasteiger partial charge in [0.05, 0.1) is 33.8 Å².